The molecule has 2 aromatic rings. The third-order valence-corrected chi connectivity index (χ3v) is 6.69. The van der Waals surface area contributed by atoms with Gasteiger partial charge in [-0.3, -0.25) is 4.72 Å². The van der Waals surface area contributed by atoms with Gasteiger partial charge in [-0.05, 0) is 67.9 Å². The summed E-state index contributed by atoms with van der Waals surface area (Å²) in [4.78, 5) is 4.19. The van der Waals surface area contributed by atoms with Crippen LogP contribution >= 0.6 is 15.9 Å². The molecule has 0 unspecified atom stereocenters. The first-order valence-electron chi connectivity index (χ1n) is 9.62. The van der Waals surface area contributed by atoms with Crippen molar-refractivity contribution in [3.63, 3.8) is 0 Å². The number of hydrogen-bond donors (Lipinski definition) is 2. The van der Waals surface area contributed by atoms with E-state index in [0.717, 1.165) is 4.73 Å². The second-order valence-corrected chi connectivity index (χ2v) is 10.0. The van der Waals surface area contributed by atoms with Crippen LogP contribution in [0.1, 0.15) is 12.6 Å². The highest BCUT2D eigenvalue weighted by Crippen LogP contribution is 2.42. The first-order valence-corrected chi connectivity index (χ1v) is 12.1. The number of rotatable bonds is 6. The number of ether oxygens (including phenoxy) is 1. The molecule has 2 aliphatic rings. The Bertz CT molecular complexity index is 1390. The number of sulfonamides is 1. The van der Waals surface area contributed by atoms with E-state index in [2.05, 4.69) is 25.6 Å². The van der Waals surface area contributed by atoms with Gasteiger partial charge in [0.05, 0.1) is 11.4 Å². The Kier molecular flexibility index (Phi) is 5.83. The Morgan fingerprint density at radius 2 is 1.84 bits per heavy atom. The third-order valence-electron chi connectivity index (χ3n) is 4.89. The number of aromatic nitrogens is 2. The van der Waals surface area contributed by atoms with Crippen LogP contribution in [0.15, 0.2) is 59.2 Å². The Morgan fingerprint density at radius 3 is 2.56 bits per heavy atom. The Labute approximate surface area is 193 Å². The van der Waals surface area contributed by atoms with Crippen molar-refractivity contribution in [2.24, 2.45) is 0 Å². The van der Waals surface area contributed by atoms with Crippen LogP contribution in [0.25, 0.3) is 22.5 Å². The minimum Gasteiger partial charge on any atom is -0.454 e. The van der Waals surface area contributed by atoms with E-state index in [1.54, 1.807) is 49.5 Å². The zero-order chi connectivity index (χ0) is 23.0. The SMILES string of the molecule is CCS(=O)(=O)Nc1ccc(Oc2ccc(Br)cc2F)c(-c2cc(C)n(O)c3nccc2-3)c1. The maximum absolute atomic E-state index is 14.4. The van der Waals surface area contributed by atoms with Crippen molar-refractivity contribution in [3.05, 3.63) is 70.7 Å². The van der Waals surface area contributed by atoms with Crippen LogP contribution in [0.5, 0.6) is 11.5 Å². The number of hydrogen-bond acceptors (Lipinski definition) is 5. The molecule has 2 N–H and O–H groups in total. The van der Waals surface area contributed by atoms with Gasteiger partial charge in [0.15, 0.2) is 17.4 Å². The lowest BCUT2D eigenvalue weighted by Crippen LogP contribution is -2.14. The van der Waals surface area contributed by atoms with Crippen LogP contribution in [-0.2, 0) is 10.0 Å². The molecular weight excluding hydrogens is 501 g/mol. The highest BCUT2D eigenvalue weighted by atomic mass is 79.9. The van der Waals surface area contributed by atoms with Crippen LogP contribution < -0.4 is 9.46 Å². The number of anilines is 1. The summed E-state index contributed by atoms with van der Waals surface area (Å²) in [6.45, 7) is 3.24. The molecule has 32 heavy (non-hydrogen) atoms. The topological polar surface area (TPSA) is 93.5 Å². The molecule has 0 spiro atoms. The van der Waals surface area contributed by atoms with E-state index < -0.39 is 15.8 Å². The average Bonchev–Trinajstić information content (AvgIpc) is 3.24. The molecule has 2 heterocycles. The summed E-state index contributed by atoms with van der Waals surface area (Å²) in [5.74, 6) is 0.0109. The average molecular weight is 520 g/mol. The largest absolute Gasteiger partial charge is 0.454 e. The molecule has 2 aliphatic heterocycles. The quantitative estimate of drug-likeness (QED) is 0.320. The minimum atomic E-state index is -3.51. The molecule has 166 valence electrons. The van der Waals surface area contributed by atoms with Gasteiger partial charge >= 0.3 is 0 Å². The number of benzene rings is 2. The summed E-state index contributed by atoms with van der Waals surface area (Å²) in [6.07, 6.45) is 1.55. The fraction of sp³-hybridized carbons (Fsp3) is 0.136. The summed E-state index contributed by atoms with van der Waals surface area (Å²) in [5.41, 5.74) is 2.61. The predicted molar refractivity (Wildman–Crippen MR) is 123 cm³/mol. The van der Waals surface area contributed by atoms with Gasteiger partial charge in [-0.15, -0.1) is 0 Å². The maximum Gasteiger partial charge on any atom is 0.232 e. The second kappa shape index (κ2) is 8.44. The zero-order valence-electron chi connectivity index (χ0n) is 17.1. The van der Waals surface area contributed by atoms with Crippen molar-refractivity contribution < 1.29 is 22.8 Å². The van der Waals surface area contributed by atoms with Crippen molar-refractivity contribution in [1.29, 1.82) is 0 Å². The van der Waals surface area contributed by atoms with E-state index in [4.69, 9.17) is 4.74 Å². The van der Waals surface area contributed by atoms with Gasteiger partial charge in [-0.1, -0.05) is 15.9 Å². The first-order chi connectivity index (χ1) is 15.2. The smallest absolute Gasteiger partial charge is 0.232 e. The highest BCUT2D eigenvalue weighted by molar-refractivity contribution is 9.10. The maximum atomic E-state index is 14.4. The predicted octanol–water partition coefficient (Wildman–Crippen LogP) is 5.66. The van der Waals surface area contributed by atoms with Crippen molar-refractivity contribution >= 4 is 31.6 Å². The van der Waals surface area contributed by atoms with Gasteiger partial charge < -0.3 is 9.94 Å². The van der Waals surface area contributed by atoms with Gasteiger partial charge in [-0.2, -0.15) is 4.73 Å². The molecule has 7 nitrogen and oxygen atoms in total. The van der Waals surface area contributed by atoms with E-state index in [1.165, 1.54) is 19.1 Å². The summed E-state index contributed by atoms with van der Waals surface area (Å²) in [7, 11) is -3.51. The van der Waals surface area contributed by atoms with Gasteiger partial charge in [-0.25, -0.2) is 17.8 Å². The number of halogens is 2. The molecule has 0 amide bonds. The first kappa shape index (κ1) is 22.1. The molecule has 0 aliphatic carbocycles. The molecule has 10 heteroatoms. The van der Waals surface area contributed by atoms with Gasteiger partial charge in [0.25, 0.3) is 0 Å². The normalized spacial score (nSPS) is 11.6. The van der Waals surface area contributed by atoms with E-state index in [0.29, 0.717) is 44.1 Å². The summed E-state index contributed by atoms with van der Waals surface area (Å²) < 4.78 is 48.6. The van der Waals surface area contributed by atoms with E-state index in [9.17, 15) is 18.0 Å². The third kappa shape index (κ3) is 4.28. The molecule has 0 saturated carbocycles. The number of fused-ring (bicyclic) bond motifs is 1. The highest BCUT2D eigenvalue weighted by Gasteiger charge is 2.21. The Balaban J connectivity index is 1.90. The Morgan fingerprint density at radius 1 is 1.09 bits per heavy atom. The van der Waals surface area contributed by atoms with Crippen molar-refractivity contribution in [2.45, 2.75) is 13.8 Å². The molecular formula is C22H19BrFN3O4S. The summed E-state index contributed by atoms with van der Waals surface area (Å²) in [5, 5.41) is 10.3. The molecule has 0 fully saturated rings. The molecule has 4 rings (SSSR count). The molecule has 2 aromatic carbocycles. The van der Waals surface area contributed by atoms with E-state index >= 15 is 0 Å². The van der Waals surface area contributed by atoms with Crippen LogP contribution in [0, 0.1) is 12.7 Å². The van der Waals surface area contributed by atoms with Gasteiger partial charge in [0.1, 0.15) is 5.75 Å². The standard InChI is InChI=1S/C22H19BrFN3O4S/c1-3-32(29,30)26-15-5-7-20(31-21-6-4-14(23)11-19(21)24)18(12-15)17-10-13(2)27(28)22-16(17)8-9-25-22/h4-12,26,28H,3H2,1-2H3. The summed E-state index contributed by atoms with van der Waals surface area (Å²) >= 11 is 3.22. The lowest BCUT2D eigenvalue weighted by atomic mass is 9.98. The molecule has 0 bridgehead atoms. The fourth-order valence-electron chi connectivity index (χ4n) is 3.26. The summed E-state index contributed by atoms with van der Waals surface area (Å²) in [6, 6.07) is 12.6. The van der Waals surface area contributed by atoms with Crippen molar-refractivity contribution in [2.75, 3.05) is 10.5 Å². The molecule has 0 atom stereocenters. The zero-order valence-corrected chi connectivity index (χ0v) is 19.5. The van der Waals surface area contributed by atoms with Crippen LogP contribution in [-0.4, -0.2) is 29.1 Å². The van der Waals surface area contributed by atoms with Crippen LogP contribution in [0.3, 0.4) is 0 Å². The van der Waals surface area contributed by atoms with E-state index in [-0.39, 0.29) is 11.5 Å². The van der Waals surface area contributed by atoms with Crippen LogP contribution in [0.2, 0.25) is 0 Å². The van der Waals surface area contributed by atoms with E-state index in [1.807, 2.05) is 0 Å². The van der Waals surface area contributed by atoms with Gasteiger partial charge in [0, 0.05) is 27.5 Å². The minimum absolute atomic E-state index is 0.0121. The number of pyridine rings is 1. The Hall–Kier alpha value is -3.11. The lowest BCUT2D eigenvalue weighted by Gasteiger charge is -2.18. The second-order valence-electron chi connectivity index (χ2n) is 7.09. The number of nitrogens with zero attached hydrogens (tertiary/aromatic N) is 2. The van der Waals surface area contributed by atoms with Crippen molar-refractivity contribution in [1.82, 2.24) is 9.71 Å². The van der Waals surface area contributed by atoms with Gasteiger partial charge in [0.2, 0.25) is 10.0 Å². The molecule has 0 aromatic heterocycles. The number of nitrogens with one attached hydrogen (secondary N) is 1. The van der Waals surface area contributed by atoms with Crippen molar-refractivity contribution in [3.8, 4) is 34.0 Å². The lowest BCUT2D eigenvalue weighted by molar-refractivity contribution is 0.180. The van der Waals surface area contributed by atoms with Crippen LogP contribution in [0.4, 0.5) is 10.1 Å². The monoisotopic (exact) mass is 519 g/mol. The number of aryl methyl sites for hydroxylation is 1. The molecule has 0 saturated heterocycles. The molecule has 0 radical (unpaired) electrons. The fourth-order valence-corrected chi connectivity index (χ4v) is 4.23.